The molecule has 0 saturated carbocycles. The van der Waals surface area contributed by atoms with Crippen LogP contribution in [0.4, 0.5) is 0 Å². The van der Waals surface area contributed by atoms with Gasteiger partial charge in [0.25, 0.3) is 0 Å². The van der Waals surface area contributed by atoms with E-state index in [4.69, 9.17) is 15.6 Å². The van der Waals surface area contributed by atoms with Crippen LogP contribution in [0.1, 0.15) is 24.4 Å². The fraction of sp³-hybridized carbons (Fsp3) is 0.429. The van der Waals surface area contributed by atoms with Crippen LogP contribution < -0.4 is 11.1 Å². The molecule has 0 bridgehead atoms. The molecule has 6 nitrogen and oxygen atoms in total. The lowest BCUT2D eigenvalue weighted by atomic mass is 9.97. The number of hydrogen-bond acceptors (Lipinski definition) is 4. The number of amides is 1. The molecule has 1 aromatic carbocycles. The summed E-state index contributed by atoms with van der Waals surface area (Å²) in [6, 6.07) is 8.39. The van der Waals surface area contributed by atoms with E-state index in [0.29, 0.717) is 13.0 Å². The molecule has 6 heteroatoms. The van der Waals surface area contributed by atoms with Crippen molar-refractivity contribution < 1.29 is 19.4 Å². The van der Waals surface area contributed by atoms with Gasteiger partial charge in [0, 0.05) is 6.61 Å². The van der Waals surface area contributed by atoms with E-state index < -0.39 is 17.6 Å². The van der Waals surface area contributed by atoms with Crippen LogP contribution in [0, 0.1) is 0 Å². The van der Waals surface area contributed by atoms with Gasteiger partial charge in [-0.3, -0.25) is 9.59 Å². The molecular formula is C14H18N2O4. The Morgan fingerprint density at radius 2 is 2.10 bits per heavy atom. The smallest absolute Gasteiger partial charge is 0.305 e. The zero-order chi connectivity index (χ0) is 14.6. The molecule has 1 heterocycles. The first-order valence-corrected chi connectivity index (χ1v) is 6.45. The molecule has 0 radical (unpaired) electrons. The summed E-state index contributed by atoms with van der Waals surface area (Å²) in [7, 11) is 0. The van der Waals surface area contributed by atoms with Gasteiger partial charge >= 0.3 is 5.97 Å². The maximum absolute atomic E-state index is 12.2. The van der Waals surface area contributed by atoms with E-state index in [0.717, 1.165) is 5.56 Å². The largest absolute Gasteiger partial charge is 0.481 e. The van der Waals surface area contributed by atoms with Crippen molar-refractivity contribution in [1.82, 2.24) is 5.32 Å². The van der Waals surface area contributed by atoms with Crippen molar-refractivity contribution in [3.8, 4) is 0 Å². The van der Waals surface area contributed by atoms with Gasteiger partial charge in [0.05, 0.1) is 19.1 Å². The Bertz CT molecular complexity index is 483. The number of nitrogens with one attached hydrogen (secondary N) is 1. The van der Waals surface area contributed by atoms with E-state index in [1.54, 1.807) is 24.3 Å². The third kappa shape index (κ3) is 3.34. The van der Waals surface area contributed by atoms with Crippen molar-refractivity contribution in [2.24, 2.45) is 5.73 Å². The highest BCUT2D eigenvalue weighted by Crippen LogP contribution is 2.21. The van der Waals surface area contributed by atoms with Crippen LogP contribution in [-0.2, 0) is 14.3 Å². The molecule has 1 fully saturated rings. The molecule has 20 heavy (non-hydrogen) atoms. The number of hydrogen-bond donors (Lipinski definition) is 3. The van der Waals surface area contributed by atoms with Crippen molar-refractivity contribution in [1.29, 1.82) is 0 Å². The Hall–Kier alpha value is -1.92. The lowest BCUT2D eigenvalue weighted by Gasteiger charge is -2.25. The summed E-state index contributed by atoms with van der Waals surface area (Å²) in [4.78, 5) is 23.2. The van der Waals surface area contributed by atoms with E-state index in [-0.39, 0.29) is 18.9 Å². The Balaban J connectivity index is 2.12. The molecule has 0 aromatic heterocycles. The van der Waals surface area contributed by atoms with Crippen molar-refractivity contribution in [2.75, 3.05) is 13.2 Å². The van der Waals surface area contributed by atoms with Gasteiger partial charge in [-0.1, -0.05) is 30.3 Å². The van der Waals surface area contributed by atoms with E-state index >= 15 is 0 Å². The molecule has 0 spiro atoms. The van der Waals surface area contributed by atoms with Crippen LogP contribution in [0.15, 0.2) is 30.3 Å². The molecule has 1 amide bonds. The molecule has 1 saturated heterocycles. The van der Waals surface area contributed by atoms with Gasteiger partial charge in [-0.25, -0.2) is 0 Å². The molecule has 0 aliphatic carbocycles. The number of carboxylic acid groups (broad SMARTS) is 1. The average molecular weight is 278 g/mol. The number of nitrogens with two attached hydrogens (primary N) is 1. The lowest BCUT2D eigenvalue weighted by molar-refractivity contribution is -0.138. The topological polar surface area (TPSA) is 102 Å². The Kier molecular flexibility index (Phi) is 4.36. The third-order valence-corrected chi connectivity index (χ3v) is 3.39. The fourth-order valence-electron chi connectivity index (χ4n) is 2.17. The number of carbonyl (C=O) groups excluding carboxylic acids is 1. The average Bonchev–Trinajstić information content (AvgIpc) is 2.87. The maximum Gasteiger partial charge on any atom is 0.305 e. The van der Waals surface area contributed by atoms with Crippen LogP contribution in [-0.4, -0.2) is 35.7 Å². The van der Waals surface area contributed by atoms with E-state index in [1.807, 2.05) is 6.07 Å². The molecule has 2 unspecified atom stereocenters. The number of ether oxygens (including phenoxy) is 1. The Morgan fingerprint density at radius 1 is 1.40 bits per heavy atom. The van der Waals surface area contributed by atoms with Crippen LogP contribution in [0.3, 0.4) is 0 Å². The van der Waals surface area contributed by atoms with Gasteiger partial charge in [0.1, 0.15) is 5.54 Å². The summed E-state index contributed by atoms with van der Waals surface area (Å²) in [5.41, 5.74) is 5.65. The first kappa shape index (κ1) is 14.5. The summed E-state index contributed by atoms with van der Waals surface area (Å²) in [5.74, 6) is -1.35. The molecule has 2 atom stereocenters. The minimum atomic E-state index is -1.06. The minimum absolute atomic E-state index is 0.160. The van der Waals surface area contributed by atoms with E-state index in [2.05, 4.69) is 5.32 Å². The molecule has 2 rings (SSSR count). The Morgan fingerprint density at radius 3 is 2.65 bits per heavy atom. The van der Waals surface area contributed by atoms with E-state index in [1.165, 1.54) is 0 Å². The third-order valence-electron chi connectivity index (χ3n) is 3.39. The van der Waals surface area contributed by atoms with E-state index in [9.17, 15) is 9.59 Å². The molecule has 1 aliphatic heterocycles. The number of carboxylic acids is 1. The number of rotatable bonds is 5. The second kappa shape index (κ2) is 6.02. The zero-order valence-corrected chi connectivity index (χ0v) is 11.0. The first-order valence-electron chi connectivity index (χ1n) is 6.45. The normalized spacial score (nSPS) is 23.2. The van der Waals surface area contributed by atoms with Crippen LogP contribution in [0.5, 0.6) is 0 Å². The summed E-state index contributed by atoms with van der Waals surface area (Å²) < 4.78 is 5.15. The molecule has 4 N–H and O–H groups in total. The quantitative estimate of drug-likeness (QED) is 0.725. The SMILES string of the molecule is NC1(C(=O)NC(CC(=O)O)c2ccccc2)CCOC1. The predicted molar refractivity (Wildman–Crippen MR) is 71.9 cm³/mol. The standard InChI is InChI=1S/C14H18N2O4/c15-14(6-7-20-9-14)13(19)16-11(8-12(17)18)10-4-2-1-3-5-10/h1-5,11H,6-9,15H2,(H,16,19)(H,17,18). The highest BCUT2D eigenvalue weighted by atomic mass is 16.5. The zero-order valence-electron chi connectivity index (χ0n) is 11.0. The predicted octanol–water partition coefficient (Wildman–Crippen LogP) is 0.436. The molecule has 1 aliphatic rings. The van der Waals surface area contributed by atoms with Crippen LogP contribution >= 0.6 is 0 Å². The van der Waals surface area contributed by atoms with Gasteiger partial charge in [-0.05, 0) is 12.0 Å². The van der Waals surface area contributed by atoms with Crippen molar-refractivity contribution in [2.45, 2.75) is 24.4 Å². The van der Waals surface area contributed by atoms with Gasteiger partial charge in [-0.15, -0.1) is 0 Å². The molecular weight excluding hydrogens is 260 g/mol. The summed E-state index contributed by atoms with van der Waals surface area (Å²) in [5, 5.41) is 11.7. The van der Waals surface area contributed by atoms with Crippen molar-refractivity contribution in [3.05, 3.63) is 35.9 Å². The van der Waals surface area contributed by atoms with Crippen LogP contribution in [0.2, 0.25) is 0 Å². The summed E-state index contributed by atoms with van der Waals surface area (Å²) in [6.07, 6.45) is 0.250. The van der Waals surface area contributed by atoms with Gasteiger partial charge < -0.3 is 20.9 Å². The lowest BCUT2D eigenvalue weighted by Crippen LogP contribution is -2.55. The number of benzene rings is 1. The van der Waals surface area contributed by atoms with Crippen LogP contribution in [0.25, 0.3) is 0 Å². The minimum Gasteiger partial charge on any atom is -0.481 e. The highest BCUT2D eigenvalue weighted by Gasteiger charge is 2.39. The summed E-state index contributed by atoms with van der Waals surface area (Å²) in [6.45, 7) is 0.603. The highest BCUT2D eigenvalue weighted by molar-refractivity contribution is 5.87. The molecule has 1 aromatic rings. The first-order chi connectivity index (χ1) is 9.51. The Labute approximate surface area is 116 Å². The maximum atomic E-state index is 12.2. The van der Waals surface area contributed by atoms with Crippen molar-refractivity contribution >= 4 is 11.9 Å². The van der Waals surface area contributed by atoms with Gasteiger partial charge in [0.2, 0.25) is 5.91 Å². The monoisotopic (exact) mass is 278 g/mol. The van der Waals surface area contributed by atoms with Gasteiger partial charge in [-0.2, -0.15) is 0 Å². The van der Waals surface area contributed by atoms with Crippen molar-refractivity contribution in [3.63, 3.8) is 0 Å². The second-order valence-corrected chi connectivity index (χ2v) is 4.99. The van der Waals surface area contributed by atoms with Gasteiger partial charge in [0.15, 0.2) is 0 Å². The second-order valence-electron chi connectivity index (χ2n) is 4.99. The molecule has 108 valence electrons. The fourth-order valence-corrected chi connectivity index (χ4v) is 2.17. The number of aliphatic carboxylic acids is 1. The number of carbonyl (C=O) groups is 2. The summed E-state index contributed by atoms with van der Waals surface area (Å²) >= 11 is 0.